The van der Waals surface area contributed by atoms with E-state index in [1.165, 1.54) is 18.2 Å². The standard InChI is InChI=1S/C25H25FN4O2/c1-2-3-4-6-11-18(14-17-9-7-5-8-10-17)16-27-30-24(31)23-22(29-25(30)32)20-15-19(26)12-13-21(20)28-23/h5,7-10,12-16,28H,2-4,6,11H2,1H3,(H,29,32)/b18-14-,27-16+. The molecule has 4 aromatic rings. The van der Waals surface area contributed by atoms with Crippen LogP contribution in [0, 0.1) is 5.82 Å². The number of aromatic nitrogens is 3. The van der Waals surface area contributed by atoms with Crippen LogP contribution in [0.5, 0.6) is 0 Å². The maximum Gasteiger partial charge on any atom is 0.350 e. The number of nitrogens with zero attached hydrogens (tertiary/aromatic N) is 2. The van der Waals surface area contributed by atoms with E-state index in [1.54, 1.807) is 6.21 Å². The minimum Gasteiger partial charge on any atom is -0.349 e. The van der Waals surface area contributed by atoms with Crippen LogP contribution in [0.2, 0.25) is 0 Å². The van der Waals surface area contributed by atoms with E-state index in [0.717, 1.165) is 47.9 Å². The van der Waals surface area contributed by atoms with Crippen molar-refractivity contribution in [2.24, 2.45) is 5.10 Å². The number of halogens is 1. The molecule has 7 heteroatoms. The van der Waals surface area contributed by atoms with Gasteiger partial charge >= 0.3 is 11.2 Å². The average molecular weight is 432 g/mol. The molecule has 0 aliphatic heterocycles. The van der Waals surface area contributed by atoms with Gasteiger partial charge in [-0.3, -0.25) is 4.79 Å². The molecule has 32 heavy (non-hydrogen) atoms. The van der Waals surface area contributed by atoms with Crippen LogP contribution < -0.4 is 11.2 Å². The number of hydrogen-bond acceptors (Lipinski definition) is 3. The molecule has 0 bridgehead atoms. The molecule has 164 valence electrons. The highest BCUT2D eigenvalue weighted by molar-refractivity contribution is 6.04. The SMILES string of the molecule is CCCCCCC(=C/c1ccccc1)/C=N/n1c(=O)[nH]c2c([nH]c3ccc(F)cc32)c1=O. The van der Waals surface area contributed by atoms with E-state index in [-0.39, 0.29) is 11.0 Å². The Morgan fingerprint density at radius 2 is 1.84 bits per heavy atom. The van der Waals surface area contributed by atoms with Gasteiger partial charge in [0.05, 0.1) is 11.7 Å². The number of fused-ring (bicyclic) bond motifs is 3. The number of benzene rings is 2. The Kier molecular flexibility index (Phi) is 6.44. The number of nitrogens with one attached hydrogen (secondary N) is 2. The number of allylic oxidation sites excluding steroid dienone is 1. The summed E-state index contributed by atoms with van der Waals surface area (Å²) in [5.74, 6) is -0.444. The third-order valence-corrected chi connectivity index (χ3v) is 5.40. The van der Waals surface area contributed by atoms with Crippen molar-refractivity contribution in [1.82, 2.24) is 14.6 Å². The fraction of sp³-hybridized carbons (Fsp3) is 0.240. The van der Waals surface area contributed by atoms with E-state index < -0.39 is 17.1 Å². The number of rotatable bonds is 8. The molecule has 0 radical (unpaired) electrons. The monoisotopic (exact) mass is 432 g/mol. The van der Waals surface area contributed by atoms with Crippen LogP contribution in [0.3, 0.4) is 0 Å². The van der Waals surface area contributed by atoms with Gasteiger partial charge in [0.2, 0.25) is 0 Å². The molecule has 2 heterocycles. The molecule has 0 aliphatic carbocycles. The second kappa shape index (κ2) is 9.60. The summed E-state index contributed by atoms with van der Waals surface area (Å²) in [5, 5.41) is 4.66. The highest BCUT2D eigenvalue weighted by Crippen LogP contribution is 2.21. The summed E-state index contributed by atoms with van der Waals surface area (Å²) in [6.07, 6.45) is 8.78. The molecule has 0 amide bonds. The van der Waals surface area contributed by atoms with Gasteiger partial charge in [-0.25, -0.2) is 9.18 Å². The van der Waals surface area contributed by atoms with Crippen LogP contribution in [0.15, 0.2) is 68.8 Å². The second-order valence-corrected chi connectivity index (χ2v) is 7.80. The average Bonchev–Trinajstić information content (AvgIpc) is 3.15. The minimum absolute atomic E-state index is 0.180. The summed E-state index contributed by atoms with van der Waals surface area (Å²) in [7, 11) is 0. The summed E-state index contributed by atoms with van der Waals surface area (Å²) in [5.41, 5.74) is 1.72. The summed E-state index contributed by atoms with van der Waals surface area (Å²) >= 11 is 0. The lowest BCUT2D eigenvalue weighted by Crippen LogP contribution is -2.32. The normalized spacial score (nSPS) is 12.4. The predicted molar refractivity (Wildman–Crippen MR) is 128 cm³/mol. The van der Waals surface area contributed by atoms with Crippen molar-refractivity contribution in [3.63, 3.8) is 0 Å². The molecule has 0 fully saturated rings. The van der Waals surface area contributed by atoms with Crippen molar-refractivity contribution in [2.75, 3.05) is 0 Å². The topological polar surface area (TPSA) is 83.0 Å². The van der Waals surface area contributed by atoms with Gasteiger partial charge in [0.1, 0.15) is 11.3 Å². The minimum atomic E-state index is -0.672. The van der Waals surface area contributed by atoms with Crippen LogP contribution in [-0.2, 0) is 0 Å². The largest absolute Gasteiger partial charge is 0.350 e. The quantitative estimate of drug-likeness (QED) is 0.296. The summed E-state index contributed by atoms with van der Waals surface area (Å²) < 4.78 is 14.4. The zero-order valence-corrected chi connectivity index (χ0v) is 17.9. The molecule has 0 saturated heterocycles. The Morgan fingerprint density at radius 3 is 2.62 bits per heavy atom. The first-order valence-electron chi connectivity index (χ1n) is 10.8. The molecule has 0 saturated carbocycles. The van der Waals surface area contributed by atoms with E-state index in [4.69, 9.17) is 0 Å². The Labute approximate surface area is 184 Å². The molecule has 2 aromatic carbocycles. The van der Waals surface area contributed by atoms with Crippen molar-refractivity contribution >= 4 is 34.2 Å². The molecule has 4 rings (SSSR count). The van der Waals surface area contributed by atoms with Crippen LogP contribution in [0.1, 0.15) is 44.6 Å². The van der Waals surface area contributed by atoms with Gasteiger partial charge in [0.15, 0.2) is 0 Å². The smallest absolute Gasteiger partial charge is 0.349 e. The van der Waals surface area contributed by atoms with Gasteiger partial charge < -0.3 is 9.97 Å². The Bertz CT molecular complexity index is 1410. The van der Waals surface area contributed by atoms with Gasteiger partial charge in [0.25, 0.3) is 0 Å². The van der Waals surface area contributed by atoms with Gasteiger partial charge in [-0.05, 0) is 42.2 Å². The summed E-state index contributed by atoms with van der Waals surface area (Å²) in [6.45, 7) is 2.16. The first-order chi connectivity index (χ1) is 15.6. The fourth-order valence-corrected chi connectivity index (χ4v) is 3.74. The highest BCUT2D eigenvalue weighted by atomic mass is 19.1. The third kappa shape index (κ3) is 4.61. The molecule has 2 aromatic heterocycles. The second-order valence-electron chi connectivity index (χ2n) is 7.80. The third-order valence-electron chi connectivity index (χ3n) is 5.40. The summed E-state index contributed by atoms with van der Waals surface area (Å²) in [6, 6.07) is 14.0. The van der Waals surface area contributed by atoms with Crippen molar-refractivity contribution < 1.29 is 4.39 Å². The molecule has 0 unspecified atom stereocenters. The maximum atomic E-state index is 13.6. The molecule has 0 atom stereocenters. The Balaban J connectivity index is 1.72. The first kappa shape index (κ1) is 21.5. The van der Waals surface area contributed by atoms with Gasteiger partial charge in [-0.1, -0.05) is 62.6 Å². The van der Waals surface area contributed by atoms with E-state index in [1.807, 2.05) is 36.4 Å². The number of hydrogen-bond donors (Lipinski definition) is 2. The van der Waals surface area contributed by atoms with E-state index in [9.17, 15) is 14.0 Å². The molecular formula is C25H25FN4O2. The van der Waals surface area contributed by atoms with Crippen molar-refractivity contribution in [3.8, 4) is 0 Å². The van der Waals surface area contributed by atoms with E-state index >= 15 is 0 Å². The van der Waals surface area contributed by atoms with E-state index in [0.29, 0.717) is 10.9 Å². The highest BCUT2D eigenvalue weighted by Gasteiger charge is 2.13. The molecule has 0 spiro atoms. The number of aromatic amines is 2. The van der Waals surface area contributed by atoms with Crippen molar-refractivity contribution in [2.45, 2.75) is 39.0 Å². The molecular weight excluding hydrogens is 407 g/mol. The van der Waals surface area contributed by atoms with Crippen LogP contribution >= 0.6 is 0 Å². The lowest BCUT2D eigenvalue weighted by atomic mass is 10.0. The van der Waals surface area contributed by atoms with Crippen molar-refractivity contribution in [1.29, 1.82) is 0 Å². The lowest BCUT2D eigenvalue weighted by molar-refractivity contribution is 0.630. The number of unbranched alkanes of at least 4 members (excludes halogenated alkanes) is 3. The van der Waals surface area contributed by atoms with Crippen molar-refractivity contribution in [3.05, 3.63) is 86.3 Å². The van der Waals surface area contributed by atoms with Gasteiger partial charge in [-0.2, -0.15) is 5.10 Å². The maximum absolute atomic E-state index is 13.6. The van der Waals surface area contributed by atoms with Crippen LogP contribution in [0.25, 0.3) is 28.0 Å². The van der Waals surface area contributed by atoms with Gasteiger partial charge in [-0.15, -0.1) is 4.68 Å². The van der Waals surface area contributed by atoms with Crippen LogP contribution in [0.4, 0.5) is 4.39 Å². The Hall–Kier alpha value is -3.74. The first-order valence-corrected chi connectivity index (χ1v) is 10.8. The predicted octanol–water partition coefficient (Wildman–Crippen LogP) is 5.20. The van der Waals surface area contributed by atoms with Gasteiger partial charge in [0, 0.05) is 10.9 Å². The van der Waals surface area contributed by atoms with Crippen LogP contribution in [-0.4, -0.2) is 20.9 Å². The fourth-order valence-electron chi connectivity index (χ4n) is 3.74. The summed E-state index contributed by atoms with van der Waals surface area (Å²) in [4.78, 5) is 31.2. The number of H-pyrrole nitrogens is 2. The Morgan fingerprint density at radius 1 is 1.03 bits per heavy atom. The zero-order valence-electron chi connectivity index (χ0n) is 17.9. The molecule has 0 aliphatic rings. The molecule has 6 nitrogen and oxygen atoms in total. The van der Waals surface area contributed by atoms with E-state index in [2.05, 4.69) is 22.0 Å². The zero-order chi connectivity index (χ0) is 22.5. The lowest BCUT2D eigenvalue weighted by Gasteiger charge is -2.04. The molecule has 2 N–H and O–H groups in total.